The van der Waals surface area contributed by atoms with E-state index in [-0.39, 0.29) is 34.7 Å². The van der Waals surface area contributed by atoms with E-state index in [1.807, 2.05) is 0 Å². The Kier molecular flexibility index (Phi) is 5.20. The second kappa shape index (κ2) is 7.82. The van der Waals surface area contributed by atoms with Gasteiger partial charge in [0.15, 0.2) is 11.6 Å². The van der Waals surface area contributed by atoms with E-state index >= 15 is 0 Å². The number of amides is 1. The predicted octanol–water partition coefficient (Wildman–Crippen LogP) is 3.62. The minimum Gasteiger partial charge on any atom is -0.343 e. The van der Waals surface area contributed by atoms with Gasteiger partial charge in [0.2, 0.25) is 0 Å². The Morgan fingerprint density at radius 2 is 1.73 bits per heavy atom. The molecule has 0 spiro atoms. The molecule has 2 heterocycles. The van der Waals surface area contributed by atoms with Crippen LogP contribution in [0.2, 0.25) is 0 Å². The third-order valence-electron chi connectivity index (χ3n) is 5.70. The highest BCUT2D eigenvalue weighted by Crippen LogP contribution is 2.54. The van der Waals surface area contributed by atoms with Gasteiger partial charge >= 0.3 is 0 Å². The highest BCUT2D eigenvalue weighted by molar-refractivity contribution is 5.92. The Labute approximate surface area is 175 Å². The summed E-state index contributed by atoms with van der Waals surface area (Å²) in [6.07, 6.45) is 5.19. The first kappa shape index (κ1) is 19.9. The third-order valence-corrected chi connectivity index (χ3v) is 5.70. The van der Waals surface area contributed by atoms with Crippen LogP contribution in [-0.4, -0.2) is 25.8 Å². The maximum Gasteiger partial charge on any atom is 0.270 e. The van der Waals surface area contributed by atoms with Crippen molar-refractivity contribution in [3.8, 4) is 11.6 Å². The molecule has 30 heavy (non-hydrogen) atoms. The number of nitrogens with zero attached hydrogens (tertiary/aromatic N) is 3. The number of carbonyl (C=O) groups excluding carboxylic acids is 1. The largest absolute Gasteiger partial charge is 0.343 e. The van der Waals surface area contributed by atoms with Crippen LogP contribution in [0.3, 0.4) is 0 Å². The first-order chi connectivity index (χ1) is 14.4. The molecule has 1 aliphatic rings. The van der Waals surface area contributed by atoms with E-state index in [0.717, 1.165) is 18.4 Å². The summed E-state index contributed by atoms with van der Waals surface area (Å²) < 4.78 is 0. The van der Waals surface area contributed by atoms with E-state index in [9.17, 15) is 9.59 Å². The Bertz CT molecular complexity index is 1100. The molecule has 0 unspecified atom stereocenters. The van der Waals surface area contributed by atoms with Gasteiger partial charge in [-0.05, 0) is 41.4 Å². The summed E-state index contributed by atoms with van der Waals surface area (Å²) in [5.74, 6) is 0.495. The van der Waals surface area contributed by atoms with Crippen molar-refractivity contribution in [1.29, 1.82) is 0 Å². The van der Waals surface area contributed by atoms with Gasteiger partial charge in [0.25, 0.3) is 11.5 Å². The average Bonchev–Trinajstić information content (AvgIpc) is 3.50. The molecule has 154 valence electrons. The van der Waals surface area contributed by atoms with Crippen molar-refractivity contribution < 1.29 is 4.79 Å². The number of nitrogens with one attached hydrogen (secondary N) is 2. The summed E-state index contributed by atoms with van der Waals surface area (Å²) in [6.45, 7) is 6.48. The lowest BCUT2D eigenvalue weighted by molar-refractivity contribution is 0.0913. The molecule has 1 fully saturated rings. The summed E-state index contributed by atoms with van der Waals surface area (Å²) in [5, 5.41) is 3.11. The van der Waals surface area contributed by atoms with Gasteiger partial charge in [-0.3, -0.25) is 9.59 Å². The lowest BCUT2D eigenvalue weighted by atomic mass is 9.90. The standard InChI is InChI=1S/C23H25N5O2/c1-14(2)15-5-7-16(8-6-15)19(23(3)9-10-23)28-22(30)17-13-18(29)27-21(26-17)20-24-11-4-12-25-20/h4-8,11-14,19H,9-10H2,1-3H3,(H,28,30)(H,26,27,29)/t19-/m0/s1. The van der Waals surface area contributed by atoms with Gasteiger partial charge in [-0.25, -0.2) is 15.0 Å². The van der Waals surface area contributed by atoms with Crippen LogP contribution in [-0.2, 0) is 0 Å². The van der Waals surface area contributed by atoms with Gasteiger partial charge < -0.3 is 10.3 Å². The van der Waals surface area contributed by atoms with Gasteiger partial charge in [-0.1, -0.05) is 45.0 Å². The molecule has 7 nitrogen and oxygen atoms in total. The van der Waals surface area contributed by atoms with E-state index in [1.165, 1.54) is 11.6 Å². The maximum absolute atomic E-state index is 13.0. The lowest BCUT2D eigenvalue weighted by Crippen LogP contribution is -2.34. The average molecular weight is 403 g/mol. The molecule has 0 aliphatic heterocycles. The predicted molar refractivity (Wildman–Crippen MR) is 114 cm³/mol. The molecule has 0 bridgehead atoms. The third kappa shape index (κ3) is 4.15. The number of benzene rings is 1. The Balaban J connectivity index is 1.62. The summed E-state index contributed by atoms with van der Waals surface area (Å²) in [4.78, 5) is 40.3. The molecule has 0 radical (unpaired) electrons. The van der Waals surface area contributed by atoms with Crippen LogP contribution in [0.1, 0.15) is 67.2 Å². The van der Waals surface area contributed by atoms with Gasteiger partial charge in [0.05, 0.1) is 6.04 Å². The van der Waals surface area contributed by atoms with Crippen molar-refractivity contribution in [3.63, 3.8) is 0 Å². The van der Waals surface area contributed by atoms with Crippen LogP contribution in [0.25, 0.3) is 11.6 Å². The summed E-state index contributed by atoms with van der Waals surface area (Å²) in [5.41, 5.74) is 1.95. The number of carbonyl (C=O) groups is 1. The second-order valence-corrected chi connectivity index (χ2v) is 8.43. The lowest BCUT2D eigenvalue weighted by Gasteiger charge is -2.26. The number of aromatic nitrogens is 4. The summed E-state index contributed by atoms with van der Waals surface area (Å²) >= 11 is 0. The Hall–Kier alpha value is -3.35. The van der Waals surface area contributed by atoms with Crippen molar-refractivity contribution in [3.05, 3.63) is 76.0 Å². The second-order valence-electron chi connectivity index (χ2n) is 8.43. The molecule has 4 rings (SSSR count). The maximum atomic E-state index is 13.0. The molecule has 1 amide bonds. The van der Waals surface area contributed by atoms with Crippen LogP contribution in [0.4, 0.5) is 0 Å². The van der Waals surface area contributed by atoms with Crippen molar-refractivity contribution in [2.75, 3.05) is 0 Å². The van der Waals surface area contributed by atoms with Crippen molar-refractivity contribution in [2.24, 2.45) is 5.41 Å². The zero-order valence-electron chi connectivity index (χ0n) is 17.3. The van der Waals surface area contributed by atoms with E-state index < -0.39 is 5.56 Å². The first-order valence-electron chi connectivity index (χ1n) is 10.2. The molecule has 1 saturated carbocycles. The van der Waals surface area contributed by atoms with Gasteiger partial charge in [-0.2, -0.15) is 0 Å². The van der Waals surface area contributed by atoms with Crippen molar-refractivity contribution in [1.82, 2.24) is 25.3 Å². The van der Waals surface area contributed by atoms with Crippen LogP contribution >= 0.6 is 0 Å². The molecule has 1 atom stereocenters. The molecule has 1 aromatic carbocycles. The fourth-order valence-corrected chi connectivity index (χ4v) is 3.53. The van der Waals surface area contributed by atoms with E-state index in [0.29, 0.717) is 5.92 Å². The quantitative estimate of drug-likeness (QED) is 0.655. The number of hydrogen-bond donors (Lipinski definition) is 2. The molecular formula is C23H25N5O2. The molecule has 2 aromatic heterocycles. The monoisotopic (exact) mass is 403 g/mol. The molecule has 3 aromatic rings. The van der Waals surface area contributed by atoms with Crippen LogP contribution in [0, 0.1) is 5.41 Å². The van der Waals surface area contributed by atoms with E-state index in [1.54, 1.807) is 18.5 Å². The summed E-state index contributed by atoms with van der Waals surface area (Å²) in [6, 6.07) is 11.1. The van der Waals surface area contributed by atoms with Crippen LogP contribution in [0.15, 0.2) is 53.6 Å². The number of hydrogen-bond acceptors (Lipinski definition) is 5. The van der Waals surface area contributed by atoms with Crippen molar-refractivity contribution >= 4 is 5.91 Å². The van der Waals surface area contributed by atoms with Crippen molar-refractivity contribution in [2.45, 2.75) is 45.6 Å². The zero-order chi connectivity index (χ0) is 21.3. The smallest absolute Gasteiger partial charge is 0.270 e. The molecule has 2 N–H and O–H groups in total. The normalized spacial score (nSPS) is 15.6. The summed E-state index contributed by atoms with van der Waals surface area (Å²) in [7, 11) is 0. The zero-order valence-corrected chi connectivity index (χ0v) is 17.3. The number of aromatic amines is 1. The fourth-order valence-electron chi connectivity index (χ4n) is 3.53. The van der Waals surface area contributed by atoms with Crippen LogP contribution < -0.4 is 10.9 Å². The van der Waals surface area contributed by atoms with E-state index in [4.69, 9.17) is 0 Å². The SMILES string of the molecule is CC(C)c1ccc([C@H](NC(=O)c2cc(=O)[nH]c(-c3ncccn3)n2)C2(C)CC2)cc1. The molecule has 0 saturated heterocycles. The Morgan fingerprint density at radius 1 is 1.10 bits per heavy atom. The minimum absolute atomic E-state index is 0.00157. The first-order valence-corrected chi connectivity index (χ1v) is 10.2. The minimum atomic E-state index is -0.423. The highest BCUT2D eigenvalue weighted by atomic mass is 16.2. The topological polar surface area (TPSA) is 101 Å². The number of rotatable bonds is 6. The molecular weight excluding hydrogens is 378 g/mol. The van der Waals surface area contributed by atoms with Gasteiger partial charge in [0, 0.05) is 18.5 Å². The molecule has 7 heteroatoms. The van der Waals surface area contributed by atoms with Crippen LogP contribution in [0.5, 0.6) is 0 Å². The highest BCUT2D eigenvalue weighted by Gasteiger charge is 2.46. The van der Waals surface area contributed by atoms with E-state index in [2.05, 4.69) is 70.3 Å². The van der Waals surface area contributed by atoms with Gasteiger partial charge in [0.1, 0.15) is 5.69 Å². The molecule has 1 aliphatic carbocycles. The van der Waals surface area contributed by atoms with Gasteiger partial charge in [-0.15, -0.1) is 0 Å². The fraction of sp³-hybridized carbons (Fsp3) is 0.348. The Morgan fingerprint density at radius 3 is 2.33 bits per heavy atom. The number of H-pyrrole nitrogens is 1.